The monoisotopic (exact) mass is 190 g/mol. The maximum absolute atomic E-state index is 4.38. The van der Waals surface area contributed by atoms with Crippen molar-refractivity contribution in [3.05, 3.63) is 23.5 Å². The van der Waals surface area contributed by atoms with Crippen molar-refractivity contribution in [2.24, 2.45) is 0 Å². The molecule has 0 N–H and O–H groups in total. The number of pyridine rings is 1. The molecule has 0 saturated heterocycles. The summed E-state index contributed by atoms with van der Waals surface area (Å²) in [5, 5.41) is 4.36. The number of fused-ring (bicyclic) bond motifs is 1. The first kappa shape index (κ1) is 8.99. The van der Waals surface area contributed by atoms with Gasteiger partial charge in [0.2, 0.25) is 0 Å². The molecule has 0 aliphatic carbocycles. The molecule has 0 spiro atoms. The highest BCUT2D eigenvalue weighted by Gasteiger charge is 2.08. The van der Waals surface area contributed by atoms with Crippen LogP contribution in [0.2, 0.25) is 0 Å². The van der Waals surface area contributed by atoms with Gasteiger partial charge in [-0.1, -0.05) is 6.07 Å². The van der Waals surface area contributed by atoms with Crippen LogP contribution in [0.3, 0.4) is 0 Å². The van der Waals surface area contributed by atoms with Gasteiger partial charge in [-0.15, -0.1) is 5.10 Å². The quantitative estimate of drug-likeness (QED) is 0.681. The van der Waals surface area contributed by atoms with E-state index in [4.69, 9.17) is 0 Å². The Morgan fingerprint density at radius 2 is 1.93 bits per heavy atom. The largest absolute Gasteiger partial charge is 0.363 e. The Bertz CT molecular complexity index is 470. The first-order valence-electron chi connectivity index (χ1n) is 4.60. The summed E-state index contributed by atoms with van der Waals surface area (Å²) >= 11 is 0. The highest BCUT2D eigenvalue weighted by molar-refractivity contribution is 5.54. The molecule has 2 aromatic heterocycles. The number of hydrogen-bond donors (Lipinski definition) is 0. The normalized spacial score (nSPS) is 10.9. The maximum Gasteiger partial charge on any atom is 0.160 e. The van der Waals surface area contributed by atoms with Crippen LogP contribution >= 0.6 is 0 Å². The molecule has 0 atom stereocenters. The van der Waals surface area contributed by atoms with Gasteiger partial charge in [0.15, 0.2) is 5.65 Å². The lowest BCUT2D eigenvalue weighted by Crippen LogP contribution is -2.13. The van der Waals surface area contributed by atoms with Crippen molar-refractivity contribution in [2.45, 2.75) is 13.8 Å². The Morgan fingerprint density at radius 1 is 1.21 bits per heavy atom. The number of rotatable bonds is 1. The van der Waals surface area contributed by atoms with Gasteiger partial charge in [0, 0.05) is 14.1 Å². The molecule has 0 saturated carbocycles. The molecule has 0 unspecified atom stereocenters. The number of aryl methyl sites for hydroxylation is 2. The molecule has 14 heavy (non-hydrogen) atoms. The molecule has 2 aromatic rings. The van der Waals surface area contributed by atoms with Crippen molar-refractivity contribution in [1.29, 1.82) is 0 Å². The van der Waals surface area contributed by atoms with E-state index < -0.39 is 0 Å². The Morgan fingerprint density at radius 3 is 2.57 bits per heavy atom. The van der Waals surface area contributed by atoms with Crippen molar-refractivity contribution in [2.75, 3.05) is 19.0 Å². The Labute approximate surface area is 83.2 Å². The van der Waals surface area contributed by atoms with Crippen molar-refractivity contribution in [1.82, 2.24) is 14.6 Å². The molecular formula is C10H14N4. The molecule has 74 valence electrons. The van der Waals surface area contributed by atoms with E-state index in [0.29, 0.717) is 0 Å². The van der Waals surface area contributed by atoms with Crippen LogP contribution in [0.1, 0.15) is 11.4 Å². The molecule has 0 aromatic carbocycles. The number of nitrogens with zero attached hydrogens (tertiary/aromatic N) is 4. The van der Waals surface area contributed by atoms with E-state index >= 15 is 0 Å². The van der Waals surface area contributed by atoms with Crippen LogP contribution in [-0.2, 0) is 0 Å². The highest BCUT2D eigenvalue weighted by atomic mass is 15.4. The van der Waals surface area contributed by atoms with E-state index in [1.165, 1.54) is 0 Å². The van der Waals surface area contributed by atoms with Crippen LogP contribution in [0.5, 0.6) is 0 Å². The lowest BCUT2D eigenvalue weighted by molar-refractivity contribution is 0.891. The van der Waals surface area contributed by atoms with E-state index in [1.807, 2.05) is 37.4 Å². The average Bonchev–Trinajstić information content (AvgIpc) is 2.47. The zero-order valence-electron chi connectivity index (χ0n) is 8.94. The smallest absolute Gasteiger partial charge is 0.160 e. The zero-order chi connectivity index (χ0) is 10.3. The first-order valence-corrected chi connectivity index (χ1v) is 4.60. The van der Waals surface area contributed by atoms with Crippen molar-refractivity contribution < 1.29 is 0 Å². The van der Waals surface area contributed by atoms with E-state index in [-0.39, 0.29) is 0 Å². The second-order valence-electron chi connectivity index (χ2n) is 3.66. The fourth-order valence-corrected chi connectivity index (χ4v) is 1.51. The molecule has 0 fully saturated rings. The molecule has 4 heteroatoms. The zero-order valence-corrected chi connectivity index (χ0v) is 8.94. The number of aromatic nitrogens is 3. The van der Waals surface area contributed by atoms with Crippen molar-refractivity contribution in [3.8, 4) is 0 Å². The van der Waals surface area contributed by atoms with Gasteiger partial charge in [-0.2, -0.15) is 4.52 Å². The standard InChI is InChI=1S/C10H14N4/c1-7-5-6-9(13(3)4)14-10(7)11-8(2)12-14/h5-6H,1-4H3. The van der Waals surface area contributed by atoms with Crippen LogP contribution in [-0.4, -0.2) is 28.7 Å². The summed E-state index contributed by atoms with van der Waals surface area (Å²) in [6.07, 6.45) is 0. The third kappa shape index (κ3) is 1.23. The van der Waals surface area contributed by atoms with Crippen LogP contribution in [0, 0.1) is 13.8 Å². The summed E-state index contributed by atoms with van der Waals surface area (Å²) in [5.41, 5.74) is 2.09. The fraction of sp³-hybridized carbons (Fsp3) is 0.400. The molecule has 0 bridgehead atoms. The SMILES string of the molecule is Cc1nc2c(C)ccc(N(C)C)n2n1. The van der Waals surface area contributed by atoms with Gasteiger partial charge in [-0.3, -0.25) is 0 Å². The third-order valence-electron chi connectivity index (χ3n) is 2.22. The molecule has 0 amide bonds. The van der Waals surface area contributed by atoms with Gasteiger partial charge in [0.25, 0.3) is 0 Å². The Balaban J connectivity index is 2.81. The summed E-state index contributed by atoms with van der Waals surface area (Å²) in [6.45, 7) is 3.95. The second-order valence-corrected chi connectivity index (χ2v) is 3.66. The summed E-state index contributed by atoms with van der Waals surface area (Å²) in [5.74, 6) is 1.86. The van der Waals surface area contributed by atoms with Gasteiger partial charge in [0.05, 0.1) is 0 Å². The molecule has 2 heterocycles. The summed E-state index contributed by atoms with van der Waals surface area (Å²) in [4.78, 5) is 6.41. The van der Waals surface area contributed by atoms with Crippen LogP contribution in [0.15, 0.2) is 12.1 Å². The predicted octanol–water partition coefficient (Wildman–Crippen LogP) is 1.41. The van der Waals surface area contributed by atoms with Crippen LogP contribution in [0.25, 0.3) is 5.65 Å². The van der Waals surface area contributed by atoms with Gasteiger partial charge < -0.3 is 4.90 Å². The Hall–Kier alpha value is -1.58. The summed E-state index contributed by atoms with van der Waals surface area (Å²) < 4.78 is 1.88. The van der Waals surface area contributed by atoms with Crippen molar-refractivity contribution >= 4 is 11.5 Å². The molecule has 0 aliphatic rings. The van der Waals surface area contributed by atoms with Crippen LogP contribution in [0.4, 0.5) is 5.82 Å². The first-order chi connectivity index (χ1) is 6.59. The Kier molecular flexibility index (Phi) is 1.91. The van der Waals surface area contributed by atoms with Crippen molar-refractivity contribution in [3.63, 3.8) is 0 Å². The summed E-state index contributed by atoms with van der Waals surface area (Å²) in [6, 6.07) is 4.12. The van der Waals surface area contributed by atoms with E-state index in [0.717, 1.165) is 22.9 Å². The van der Waals surface area contributed by atoms with E-state index in [9.17, 15) is 0 Å². The van der Waals surface area contributed by atoms with E-state index in [2.05, 4.69) is 22.2 Å². The lowest BCUT2D eigenvalue weighted by Gasteiger charge is -2.13. The topological polar surface area (TPSA) is 33.4 Å². The van der Waals surface area contributed by atoms with Gasteiger partial charge in [0.1, 0.15) is 11.6 Å². The molecular weight excluding hydrogens is 176 g/mol. The highest BCUT2D eigenvalue weighted by Crippen LogP contribution is 2.16. The van der Waals surface area contributed by atoms with Gasteiger partial charge in [-0.05, 0) is 25.5 Å². The molecule has 2 rings (SSSR count). The maximum atomic E-state index is 4.38. The minimum absolute atomic E-state index is 0.808. The van der Waals surface area contributed by atoms with E-state index in [1.54, 1.807) is 0 Å². The van der Waals surface area contributed by atoms with Gasteiger partial charge >= 0.3 is 0 Å². The van der Waals surface area contributed by atoms with Gasteiger partial charge in [-0.25, -0.2) is 4.98 Å². The molecule has 0 aliphatic heterocycles. The lowest BCUT2D eigenvalue weighted by atomic mass is 10.3. The fourth-order valence-electron chi connectivity index (χ4n) is 1.51. The third-order valence-corrected chi connectivity index (χ3v) is 2.22. The average molecular weight is 190 g/mol. The minimum Gasteiger partial charge on any atom is -0.363 e. The summed E-state index contributed by atoms with van der Waals surface area (Å²) in [7, 11) is 4.00. The molecule has 0 radical (unpaired) electrons. The predicted molar refractivity (Wildman–Crippen MR) is 56.8 cm³/mol. The number of anilines is 1. The number of hydrogen-bond acceptors (Lipinski definition) is 3. The minimum atomic E-state index is 0.808. The second kappa shape index (κ2) is 2.97. The van der Waals surface area contributed by atoms with Crippen LogP contribution < -0.4 is 4.90 Å². The molecule has 4 nitrogen and oxygen atoms in total.